The molecule has 1 atom stereocenters. The van der Waals surface area contributed by atoms with Crippen LogP contribution in [0, 0.1) is 5.82 Å². The predicted octanol–water partition coefficient (Wildman–Crippen LogP) is 2.68. The van der Waals surface area contributed by atoms with Crippen LogP contribution in [0.25, 0.3) is 11.3 Å². The van der Waals surface area contributed by atoms with Gasteiger partial charge in [0.2, 0.25) is 0 Å². The summed E-state index contributed by atoms with van der Waals surface area (Å²) in [7, 11) is 0. The summed E-state index contributed by atoms with van der Waals surface area (Å²) < 4.78 is 18.4. The second-order valence-electron chi connectivity index (χ2n) is 4.97. The van der Waals surface area contributed by atoms with Crippen LogP contribution in [-0.4, -0.2) is 29.9 Å². The van der Waals surface area contributed by atoms with Crippen molar-refractivity contribution in [2.75, 3.05) is 13.1 Å². The zero-order chi connectivity index (χ0) is 14.1. The smallest absolute Gasteiger partial charge is 0.289 e. The molecular weight excluding hydrogens is 295 g/mol. The van der Waals surface area contributed by atoms with Crippen LogP contribution in [0.3, 0.4) is 0 Å². The second kappa shape index (κ2) is 6.28. The second-order valence-corrected chi connectivity index (χ2v) is 4.97. The average Bonchev–Trinajstić information content (AvgIpc) is 3.08. The van der Waals surface area contributed by atoms with E-state index >= 15 is 0 Å². The topological polar surface area (TPSA) is 59.5 Å². The van der Waals surface area contributed by atoms with Crippen LogP contribution in [0.4, 0.5) is 4.39 Å². The zero-order valence-corrected chi connectivity index (χ0v) is 12.1. The number of amides is 1. The highest BCUT2D eigenvalue weighted by molar-refractivity contribution is 5.92. The van der Waals surface area contributed by atoms with Gasteiger partial charge in [-0.05, 0) is 42.8 Å². The number of furan rings is 1. The first-order valence-electron chi connectivity index (χ1n) is 6.54. The number of carbonyl (C=O) groups excluding carboxylic acids is 1. The minimum Gasteiger partial charge on any atom is -0.451 e. The van der Waals surface area contributed by atoms with Crippen molar-refractivity contribution in [1.29, 1.82) is 0 Å². The lowest BCUT2D eigenvalue weighted by Gasteiger charge is -2.13. The number of hydrogen-bond donors (Lipinski definition) is 1. The normalized spacial score (nSPS) is 17.6. The van der Waals surface area contributed by atoms with E-state index in [1.807, 2.05) is 0 Å². The summed E-state index contributed by atoms with van der Waals surface area (Å²) in [5.74, 6) is 0.393. The number of halogens is 2. The molecule has 1 aromatic heterocycles. The number of hydrogen-bond acceptors (Lipinski definition) is 3. The third-order valence-corrected chi connectivity index (χ3v) is 3.46. The molecule has 1 fully saturated rings. The molecule has 1 aromatic carbocycles. The molecule has 0 saturated carbocycles. The monoisotopic (exact) mass is 310 g/mol. The molecule has 21 heavy (non-hydrogen) atoms. The zero-order valence-electron chi connectivity index (χ0n) is 11.3. The lowest BCUT2D eigenvalue weighted by Crippen LogP contribution is -2.31. The van der Waals surface area contributed by atoms with E-state index in [-0.39, 0.29) is 30.2 Å². The van der Waals surface area contributed by atoms with Crippen molar-refractivity contribution < 1.29 is 13.6 Å². The molecule has 0 bridgehead atoms. The van der Waals surface area contributed by atoms with Gasteiger partial charge in [0.05, 0.1) is 0 Å². The third-order valence-electron chi connectivity index (χ3n) is 3.46. The molecule has 1 aliphatic rings. The van der Waals surface area contributed by atoms with Crippen LogP contribution in [0.1, 0.15) is 17.0 Å². The van der Waals surface area contributed by atoms with E-state index in [0.29, 0.717) is 24.6 Å². The van der Waals surface area contributed by atoms with Gasteiger partial charge in [0.25, 0.3) is 5.91 Å². The van der Waals surface area contributed by atoms with Crippen LogP contribution in [0.15, 0.2) is 40.8 Å². The molecule has 3 rings (SSSR count). The Morgan fingerprint density at radius 3 is 2.57 bits per heavy atom. The van der Waals surface area contributed by atoms with Gasteiger partial charge in [0, 0.05) is 24.7 Å². The standard InChI is InChI=1S/C15H15FN2O2.ClH/c16-11-3-1-10(2-4-11)13-5-6-14(20-13)15(19)18-8-7-12(17)9-18;/h1-6,12H,7-9,17H2;1H/t12-;/m1./s1. The highest BCUT2D eigenvalue weighted by atomic mass is 35.5. The molecule has 0 radical (unpaired) electrons. The summed E-state index contributed by atoms with van der Waals surface area (Å²) >= 11 is 0. The molecule has 0 aliphatic carbocycles. The maximum absolute atomic E-state index is 12.9. The van der Waals surface area contributed by atoms with E-state index in [2.05, 4.69) is 0 Å². The fraction of sp³-hybridized carbons (Fsp3) is 0.267. The van der Waals surface area contributed by atoms with E-state index in [4.69, 9.17) is 10.2 Å². The van der Waals surface area contributed by atoms with Crippen LogP contribution in [0.5, 0.6) is 0 Å². The molecule has 112 valence electrons. The lowest BCUT2D eigenvalue weighted by molar-refractivity contribution is 0.0760. The summed E-state index contributed by atoms with van der Waals surface area (Å²) in [6.45, 7) is 1.22. The Kier molecular flexibility index (Phi) is 4.65. The van der Waals surface area contributed by atoms with Gasteiger partial charge in [-0.25, -0.2) is 4.39 Å². The Morgan fingerprint density at radius 2 is 1.95 bits per heavy atom. The maximum Gasteiger partial charge on any atom is 0.289 e. The quantitative estimate of drug-likeness (QED) is 0.927. The molecule has 2 aromatic rings. The van der Waals surface area contributed by atoms with Crippen molar-refractivity contribution in [2.24, 2.45) is 5.73 Å². The van der Waals surface area contributed by atoms with Crippen LogP contribution in [-0.2, 0) is 0 Å². The first kappa shape index (κ1) is 15.5. The number of benzene rings is 1. The lowest BCUT2D eigenvalue weighted by atomic mass is 10.2. The van der Waals surface area contributed by atoms with Gasteiger partial charge in [-0.2, -0.15) is 0 Å². The highest BCUT2D eigenvalue weighted by Gasteiger charge is 2.26. The van der Waals surface area contributed by atoms with E-state index in [9.17, 15) is 9.18 Å². The minimum atomic E-state index is -0.303. The number of rotatable bonds is 2. The summed E-state index contributed by atoms with van der Waals surface area (Å²) in [6.07, 6.45) is 0.817. The number of likely N-dealkylation sites (tertiary alicyclic amines) is 1. The molecule has 2 N–H and O–H groups in total. The Hall–Kier alpha value is -1.85. The Labute approximate surface area is 128 Å². The Morgan fingerprint density at radius 1 is 1.24 bits per heavy atom. The van der Waals surface area contributed by atoms with Crippen molar-refractivity contribution in [1.82, 2.24) is 4.90 Å². The van der Waals surface area contributed by atoms with Gasteiger partial charge in [-0.1, -0.05) is 0 Å². The molecule has 2 heterocycles. The number of carbonyl (C=O) groups is 1. The summed E-state index contributed by atoms with van der Waals surface area (Å²) in [5.41, 5.74) is 6.53. The van der Waals surface area contributed by atoms with Crippen molar-refractivity contribution in [2.45, 2.75) is 12.5 Å². The van der Waals surface area contributed by atoms with Gasteiger partial charge in [0.15, 0.2) is 5.76 Å². The van der Waals surface area contributed by atoms with Gasteiger partial charge >= 0.3 is 0 Å². The fourth-order valence-corrected chi connectivity index (χ4v) is 2.35. The fourth-order valence-electron chi connectivity index (χ4n) is 2.35. The van der Waals surface area contributed by atoms with E-state index in [1.165, 1.54) is 12.1 Å². The van der Waals surface area contributed by atoms with Crippen LogP contribution >= 0.6 is 12.4 Å². The molecule has 1 amide bonds. The third kappa shape index (κ3) is 3.25. The largest absolute Gasteiger partial charge is 0.451 e. The van der Waals surface area contributed by atoms with Crippen molar-refractivity contribution in [3.63, 3.8) is 0 Å². The predicted molar refractivity (Wildman–Crippen MR) is 79.8 cm³/mol. The first-order chi connectivity index (χ1) is 9.63. The van der Waals surface area contributed by atoms with E-state index in [0.717, 1.165) is 12.0 Å². The van der Waals surface area contributed by atoms with Crippen molar-refractivity contribution >= 4 is 18.3 Å². The van der Waals surface area contributed by atoms with E-state index in [1.54, 1.807) is 29.2 Å². The number of nitrogens with zero attached hydrogens (tertiary/aromatic N) is 1. The van der Waals surface area contributed by atoms with Crippen LogP contribution < -0.4 is 5.73 Å². The summed E-state index contributed by atoms with van der Waals surface area (Å²) in [5, 5.41) is 0. The van der Waals surface area contributed by atoms with Crippen molar-refractivity contribution in [3.05, 3.63) is 48.0 Å². The average molecular weight is 311 g/mol. The maximum atomic E-state index is 12.9. The van der Waals surface area contributed by atoms with Crippen LogP contribution in [0.2, 0.25) is 0 Å². The van der Waals surface area contributed by atoms with Crippen molar-refractivity contribution in [3.8, 4) is 11.3 Å². The highest BCUT2D eigenvalue weighted by Crippen LogP contribution is 2.23. The molecule has 0 unspecified atom stereocenters. The van der Waals surface area contributed by atoms with Gasteiger partial charge in [-0.3, -0.25) is 4.79 Å². The molecule has 1 aliphatic heterocycles. The molecular formula is C15H16ClFN2O2. The van der Waals surface area contributed by atoms with Gasteiger partial charge < -0.3 is 15.1 Å². The molecule has 0 spiro atoms. The molecule has 4 nitrogen and oxygen atoms in total. The molecule has 1 saturated heterocycles. The van der Waals surface area contributed by atoms with E-state index < -0.39 is 0 Å². The molecule has 6 heteroatoms. The Bertz CT molecular complexity index is 627. The first-order valence-corrected chi connectivity index (χ1v) is 6.54. The summed E-state index contributed by atoms with van der Waals surface area (Å²) in [4.78, 5) is 13.9. The number of nitrogens with two attached hydrogens (primary N) is 1. The van der Waals surface area contributed by atoms with Gasteiger partial charge in [-0.15, -0.1) is 12.4 Å². The Balaban J connectivity index is 0.00000161. The minimum absolute atomic E-state index is 0. The summed E-state index contributed by atoms with van der Waals surface area (Å²) in [6, 6.07) is 9.37. The SMILES string of the molecule is Cl.N[C@@H]1CCN(C(=O)c2ccc(-c3ccc(F)cc3)o2)C1. The van der Waals surface area contributed by atoms with Gasteiger partial charge in [0.1, 0.15) is 11.6 Å².